The molecule has 0 aliphatic heterocycles. The minimum Gasteiger partial charge on any atom is -0.481 e. The number of carboxylic acid groups (broad SMARTS) is 1. The number of amides is 4. The van der Waals surface area contributed by atoms with Crippen molar-refractivity contribution in [1.29, 1.82) is 0 Å². The molecule has 3 aromatic rings. The molecule has 0 bridgehead atoms. The Morgan fingerprint density at radius 2 is 1.49 bits per heavy atom. The van der Waals surface area contributed by atoms with Gasteiger partial charge >= 0.3 is 5.97 Å². The van der Waals surface area contributed by atoms with Gasteiger partial charge in [-0.3, -0.25) is 28.8 Å². The van der Waals surface area contributed by atoms with E-state index in [9.17, 15) is 38.3 Å². The highest BCUT2D eigenvalue weighted by molar-refractivity contribution is 8.00. The van der Waals surface area contributed by atoms with Crippen molar-refractivity contribution in [3.63, 3.8) is 0 Å². The summed E-state index contributed by atoms with van der Waals surface area (Å²) in [5.41, 5.74) is 6.72. The van der Waals surface area contributed by atoms with E-state index in [1.807, 2.05) is 68.7 Å². The molecule has 0 radical (unpaired) electrons. The zero-order chi connectivity index (χ0) is 55.3. The van der Waals surface area contributed by atoms with Gasteiger partial charge in [-0.15, -0.1) is 11.8 Å². The molecule has 2 aromatic carbocycles. The fourth-order valence-electron chi connectivity index (χ4n) is 7.42. The highest BCUT2D eigenvalue weighted by Gasteiger charge is 2.39. The molecule has 414 valence electrons. The number of thioether (sulfide) groups is 1. The largest absolute Gasteiger partial charge is 0.481 e. The summed E-state index contributed by atoms with van der Waals surface area (Å²) in [6.45, 7) is 18.9. The van der Waals surface area contributed by atoms with Gasteiger partial charge in [0, 0.05) is 68.4 Å². The Hall–Kier alpha value is -5.25. The van der Waals surface area contributed by atoms with Crippen LogP contribution in [0, 0.1) is 28.4 Å². The van der Waals surface area contributed by atoms with E-state index in [1.54, 1.807) is 32.1 Å². The monoisotopic (exact) mass is 1060 g/mol. The molecule has 0 aliphatic rings. The Balaban J connectivity index is 0.000000832. The molecular formula is C54H82F2N6O11S. The molecule has 0 fully saturated rings. The molecule has 3 unspecified atom stereocenters. The van der Waals surface area contributed by atoms with E-state index >= 15 is 4.39 Å². The number of Topliss-reactive ketones (excluding diaryl/α,β-unsaturated/α-hetero) is 1. The average Bonchev–Trinajstić information content (AvgIpc) is 3.75. The van der Waals surface area contributed by atoms with Crippen LogP contribution in [0.15, 0.2) is 60.8 Å². The third-order valence-electron chi connectivity index (χ3n) is 12.0. The van der Waals surface area contributed by atoms with Gasteiger partial charge in [-0.25, -0.2) is 8.78 Å². The third-order valence-corrected chi connectivity index (χ3v) is 13.0. The second-order valence-electron chi connectivity index (χ2n) is 19.4. The minimum absolute atomic E-state index is 0.0438. The number of halogens is 2. The van der Waals surface area contributed by atoms with E-state index in [4.69, 9.17) is 24.7 Å². The molecule has 3 atom stereocenters. The number of hydrogen-bond donors (Lipinski definition) is 5. The smallest absolute Gasteiger partial charge is 0.310 e. The second kappa shape index (κ2) is 34.3. The summed E-state index contributed by atoms with van der Waals surface area (Å²) < 4.78 is 52.6. The number of benzene rings is 2. The van der Waals surface area contributed by atoms with Gasteiger partial charge in [-0.1, -0.05) is 71.9 Å². The zero-order valence-corrected chi connectivity index (χ0v) is 45.7. The fraction of sp³-hybridized carbons (Fsp3) is 0.593. The second-order valence-corrected chi connectivity index (χ2v) is 20.4. The maximum atomic E-state index is 15.1. The van der Waals surface area contributed by atoms with Gasteiger partial charge in [0.15, 0.2) is 5.78 Å². The standard InChI is InChI=1S/C41H58F2N4O7S.C13H24N2O4/c1-30(48)36(45-38(49)14-17-52-20-21-54-23-22-53-19-18-51-5)28-55-29-39(50)47(16-9-15-44)40(41(2,3)4)37-24-32(34-25-33(42)12-13-35(34)43)27-46(37)26-31-10-7-6-8-11-31;1-5-6-14-11(17)8-15-10(16)7-13(4,9(2)3)12(18)19/h6-8,10-13,24-25,27,36,40H,9,14-23,26,28-29,44H2,1-5H3,(H,45,49);9H,5-8H2,1-4H3,(H,14,17)(H,15,16)(H,18,19). The van der Waals surface area contributed by atoms with E-state index in [0.29, 0.717) is 77.8 Å². The molecule has 1 heterocycles. The number of aliphatic carboxylic acids is 1. The van der Waals surface area contributed by atoms with Gasteiger partial charge in [0.05, 0.1) is 76.0 Å². The lowest BCUT2D eigenvalue weighted by atomic mass is 9.76. The summed E-state index contributed by atoms with van der Waals surface area (Å²) in [5, 5.41) is 17.0. The van der Waals surface area contributed by atoms with E-state index in [-0.39, 0.29) is 72.5 Å². The van der Waals surface area contributed by atoms with Gasteiger partial charge in [-0.2, -0.15) is 0 Å². The first-order valence-corrected chi connectivity index (χ1v) is 26.3. The molecule has 17 nitrogen and oxygen atoms in total. The van der Waals surface area contributed by atoms with E-state index in [1.165, 1.54) is 31.7 Å². The molecule has 74 heavy (non-hydrogen) atoms. The van der Waals surface area contributed by atoms with Crippen molar-refractivity contribution >= 4 is 47.1 Å². The number of rotatable bonds is 34. The molecule has 0 aliphatic carbocycles. The maximum Gasteiger partial charge on any atom is 0.310 e. The first-order chi connectivity index (χ1) is 35.1. The summed E-state index contributed by atoms with van der Waals surface area (Å²) in [6, 6.07) is 13.7. The van der Waals surface area contributed by atoms with Gasteiger partial charge in [0.1, 0.15) is 11.6 Å². The molecule has 1 aromatic heterocycles. The first kappa shape index (κ1) is 64.9. The topological polar surface area (TPSA) is 230 Å². The van der Waals surface area contributed by atoms with Crippen molar-refractivity contribution in [3.05, 3.63) is 83.7 Å². The number of methoxy groups -OCH3 is 1. The molecule has 3 rings (SSSR count). The lowest BCUT2D eigenvalue weighted by molar-refractivity contribution is -0.153. The van der Waals surface area contributed by atoms with Crippen molar-refractivity contribution in [2.24, 2.45) is 22.5 Å². The minimum atomic E-state index is -1.12. The van der Waals surface area contributed by atoms with Crippen LogP contribution in [-0.4, -0.2) is 147 Å². The van der Waals surface area contributed by atoms with Crippen LogP contribution < -0.4 is 21.7 Å². The molecule has 0 spiro atoms. The number of aromatic nitrogens is 1. The number of ether oxygens (including phenoxy) is 4. The molecule has 6 N–H and O–H groups in total. The number of nitrogens with two attached hydrogens (primary N) is 1. The maximum absolute atomic E-state index is 15.1. The Bertz CT molecular complexity index is 2190. The predicted octanol–water partition coefficient (Wildman–Crippen LogP) is 6.41. The number of nitrogens with one attached hydrogen (secondary N) is 3. The normalized spacial score (nSPS) is 13.0. The Morgan fingerprint density at radius 3 is 2.05 bits per heavy atom. The van der Waals surface area contributed by atoms with Crippen molar-refractivity contribution in [2.75, 3.05) is 91.0 Å². The van der Waals surface area contributed by atoms with Gasteiger partial charge in [0.25, 0.3) is 0 Å². The molecule has 20 heteroatoms. The number of carboxylic acids is 1. The van der Waals surface area contributed by atoms with Crippen LogP contribution in [0.4, 0.5) is 8.78 Å². The summed E-state index contributed by atoms with van der Waals surface area (Å²) in [7, 11) is 1.61. The zero-order valence-electron chi connectivity index (χ0n) is 44.9. The van der Waals surface area contributed by atoms with Crippen LogP contribution in [-0.2, 0) is 54.3 Å². The SMILES string of the molecule is CCCNC(=O)CNC(=O)CC(C)(C(=O)O)C(C)C.COCCOCCOCCOCCC(=O)NC(CSCC(=O)N(CCCN)C(c1cc(-c2cc(F)ccc2F)cn1Cc1ccccc1)C(C)(C)C)C(C)=O. The Kier molecular flexibility index (Phi) is 30.1. The quantitative estimate of drug-likeness (QED) is 0.0408. The van der Waals surface area contributed by atoms with Gasteiger partial charge in [-0.05, 0) is 74.4 Å². The van der Waals surface area contributed by atoms with Crippen molar-refractivity contribution in [2.45, 2.75) is 99.7 Å². The van der Waals surface area contributed by atoms with Crippen molar-refractivity contribution in [3.8, 4) is 11.1 Å². The Labute approximate surface area is 440 Å². The van der Waals surface area contributed by atoms with Crippen LogP contribution in [0.5, 0.6) is 0 Å². The molecule has 0 saturated carbocycles. The number of ketones is 1. The van der Waals surface area contributed by atoms with Crippen LogP contribution in [0.25, 0.3) is 11.1 Å². The summed E-state index contributed by atoms with van der Waals surface area (Å²) in [5.74, 6) is -3.46. The highest BCUT2D eigenvalue weighted by Crippen LogP contribution is 2.41. The lowest BCUT2D eigenvalue weighted by Crippen LogP contribution is -2.45. The summed E-state index contributed by atoms with van der Waals surface area (Å²) in [4.78, 5) is 75.4. The first-order valence-electron chi connectivity index (χ1n) is 25.1. The summed E-state index contributed by atoms with van der Waals surface area (Å²) >= 11 is 1.26. The highest BCUT2D eigenvalue weighted by atomic mass is 32.2. The van der Waals surface area contributed by atoms with Crippen LogP contribution >= 0.6 is 11.8 Å². The number of hydrogen-bond acceptors (Lipinski definition) is 12. The third kappa shape index (κ3) is 23.5. The van der Waals surface area contributed by atoms with E-state index < -0.39 is 46.4 Å². The number of carbonyl (C=O) groups excluding carboxylic acids is 5. The number of nitrogens with zero attached hydrogens (tertiary/aromatic N) is 2. The lowest BCUT2D eigenvalue weighted by Gasteiger charge is -2.41. The van der Waals surface area contributed by atoms with Gasteiger partial charge in [0.2, 0.25) is 23.6 Å². The predicted molar refractivity (Wildman–Crippen MR) is 283 cm³/mol. The molecule has 4 amide bonds. The van der Waals surface area contributed by atoms with Crippen molar-refractivity contribution in [1.82, 2.24) is 25.4 Å². The molecular weight excluding hydrogens is 979 g/mol. The van der Waals surface area contributed by atoms with Crippen LogP contribution in [0.3, 0.4) is 0 Å². The van der Waals surface area contributed by atoms with E-state index in [2.05, 4.69) is 16.0 Å². The number of carbonyl (C=O) groups is 6. The van der Waals surface area contributed by atoms with Crippen LogP contribution in [0.1, 0.15) is 98.4 Å². The summed E-state index contributed by atoms with van der Waals surface area (Å²) in [6.07, 6.45) is 3.10. The van der Waals surface area contributed by atoms with E-state index in [0.717, 1.165) is 29.8 Å². The average molecular weight is 1060 g/mol. The Morgan fingerprint density at radius 1 is 0.851 bits per heavy atom. The van der Waals surface area contributed by atoms with Crippen molar-refractivity contribution < 1.29 is 61.6 Å². The molecule has 0 saturated heterocycles. The van der Waals surface area contributed by atoms with Gasteiger partial charge < -0.3 is 55.2 Å². The fourth-order valence-corrected chi connectivity index (χ4v) is 8.43. The van der Waals surface area contributed by atoms with Crippen LogP contribution in [0.2, 0.25) is 0 Å².